The zero-order valence-corrected chi connectivity index (χ0v) is 14.9. The number of allylic oxidation sites excluding steroid dienone is 1. The topological polar surface area (TPSA) is 33.6 Å². The van der Waals surface area contributed by atoms with Crippen molar-refractivity contribution < 1.29 is 22.3 Å². The molecule has 0 amide bonds. The summed E-state index contributed by atoms with van der Waals surface area (Å²) < 4.78 is 58.3. The molecule has 0 radical (unpaired) electrons. The fourth-order valence-electron chi connectivity index (χ4n) is 6.39. The molecule has 6 aliphatic rings. The number of ether oxygens (including phenoxy) is 1. The Balaban J connectivity index is 1.52. The Morgan fingerprint density at radius 2 is 1.96 bits per heavy atom. The van der Waals surface area contributed by atoms with E-state index in [1.165, 1.54) is 6.07 Å². The van der Waals surface area contributed by atoms with Gasteiger partial charge in [-0.15, -0.1) is 0 Å². The lowest BCUT2D eigenvalue weighted by Gasteiger charge is -2.74. The van der Waals surface area contributed by atoms with Crippen LogP contribution in [0.3, 0.4) is 0 Å². The van der Waals surface area contributed by atoms with E-state index < -0.39 is 17.6 Å². The Morgan fingerprint density at radius 1 is 1.22 bits per heavy atom. The highest BCUT2D eigenvalue weighted by atomic mass is 19.4. The summed E-state index contributed by atoms with van der Waals surface area (Å²) in [6.07, 6.45) is 2.57. The van der Waals surface area contributed by atoms with Crippen molar-refractivity contribution >= 4 is 11.6 Å². The van der Waals surface area contributed by atoms with E-state index in [2.05, 4.69) is 10.3 Å². The molecule has 2 unspecified atom stereocenters. The number of rotatable bonds is 2. The third-order valence-electron chi connectivity index (χ3n) is 7.27. The number of hydrogen-bond donors (Lipinski definition) is 1. The van der Waals surface area contributed by atoms with Crippen LogP contribution in [0.5, 0.6) is 0 Å². The molecular weight excluding hydrogens is 360 g/mol. The molecule has 5 saturated carbocycles. The van der Waals surface area contributed by atoms with E-state index in [0.29, 0.717) is 5.92 Å². The van der Waals surface area contributed by atoms with Gasteiger partial charge in [0.15, 0.2) is 5.90 Å². The minimum atomic E-state index is -4.73. The minimum absolute atomic E-state index is 0.130. The normalized spacial score (nSPS) is 36.3. The first-order valence-corrected chi connectivity index (χ1v) is 9.26. The molecule has 2 spiro atoms. The Labute approximate surface area is 154 Å². The molecule has 144 valence electrons. The minimum Gasteiger partial charge on any atom is -0.484 e. The summed E-state index contributed by atoms with van der Waals surface area (Å²) in [7, 11) is 1.64. The van der Waals surface area contributed by atoms with Crippen LogP contribution in [-0.2, 0) is 10.9 Å². The molecular formula is C20H20F4N2O. The molecule has 0 saturated heterocycles. The molecule has 1 aliphatic heterocycles. The Kier molecular flexibility index (Phi) is 3.33. The number of nitrogens with one attached hydrogen (secondary N) is 1. The summed E-state index contributed by atoms with van der Waals surface area (Å²) in [5.41, 5.74) is -0.145. The van der Waals surface area contributed by atoms with E-state index in [1.54, 1.807) is 13.3 Å². The SMILES string of the molecule is COC1=NC=C(Nc2ccc(F)c(C(F)(F)F)c2)C2C34CCC(CC3)C12C4. The summed E-state index contributed by atoms with van der Waals surface area (Å²) in [6, 6.07) is 3.04. The summed E-state index contributed by atoms with van der Waals surface area (Å²) in [4.78, 5) is 4.50. The van der Waals surface area contributed by atoms with Crippen LogP contribution in [0.2, 0.25) is 0 Å². The van der Waals surface area contributed by atoms with E-state index in [9.17, 15) is 17.6 Å². The monoisotopic (exact) mass is 380 g/mol. The molecule has 0 aromatic heterocycles. The predicted octanol–water partition coefficient (Wildman–Crippen LogP) is 5.35. The second-order valence-electron chi connectivity index (χ2n) is 8.33. The second kappa shape index (κ2) is 5.26. The highest BCUT2D eigenvalue weighted by Gasteiger charge is 2.75. The summed E-state index contributed by atoms with van der Waals surface area (Å²) in [5.74, 6) is 0.179. The van der Waals surface area contributed by atoms with Crippen LogP contribution in [-0.4, -0.2) is 13.0 Å². The van der Waals surface area contributed by atoms with Gasteiger partial charge in [-0.05, 0) is 61.6 Å². The standard InChI is InChI=1S/C20H20F4N2O/c1-27-17-19-10-18(6-4-11(19)5-7-18)16(19)15(9-25-17)26-12-2-3-14(21)13(8-12)20(22,23)24/h2-3,8-9,11,16,26H,4-7,10H2,1H3. The van der Waals surface area contributed by atoms with Crippen LogP contribution < -0.4 is 5.32 Å². The van der Waals surface area contributed by atoms with E-state index in [1.807, 2.05) is 0 Å². The number of hydrogen-bond acceptors (Lipinski definition) is 3. The van der Waals surface area contributed by atoms with Gasteiger partial charge >= 0.3 is 6.18 Å². The lowest BCUT2D eigenvalue weighted by molar-refractivity contribution is -0.205. The zero-order valence-electron chi connectivity index (χ0n) is 14.9. The zero-order chi connectivity index (χ0) is 19.0. The highest BCUT2D eigenvalue weighted by molar-refractivity contribution is 5.88. The van der Waals surface area contributed by atoms with Crippen LogP contribution in [0.1, 0.15) is 37.7 Å². The maximum Gasteiger partial charge on any atom is 0.419 e. The van der Waals surface area contributed by atoms with Crippen molar-refractivity contribution in [1.29, 1.82) is 0 Å². The fraction of sp³-hybridized carbons (Fsp3) is 0.550. The number of fused-ring (bicyclic) bond motifs is 1. The van der Waals surface area contributed by atoms with Gasteiger partial charge in [0.25, 0.3) is 0 Å². The molecule has 2 atom stereocenters. The van der Waals surface area contributed by atoms with Crippen LogP contribution in [0.15, 0.2) is 35.1 Å². The van der Waals surface area contributed by atoms with Crippen LogP contribution in [0.25, 0.3) is 0 Å². The van der Waals surface area contributed by atoms with Gasteiger partial charge in [-0.2, -0.15) is 13.2 Å². The average Bonchev–Trinajstić information content (AvgIpc) is 2.63. The van der Waals surface area contributed by atoms with Crippen LogP contribution >= 0.6 is 0 Å². The number of benzene rings is 1. The van der Waals surface area contributed by atoms with Gasteiger partial charge in [-0.3, -0.25) is 0 Å². The first kappa shape index (κ1) is 17.1. The summed E-state index contributed by atoms with van der Waals surface area (Å²) in [5, 5.41) is 3.13. The van der Waals surface area contributed by atoms with Crippen molar-refractivity contribution in [3.05, 3.63) is 41.5 Å². The van der Waals surface area contributed by atoms with E-state index in [4.69, 9.17) is 4.74 Å². The largest absolute Gasteiger partial charge is 0.484 e. The lowest BCUT2D eigenvalue weighted by Crippen LogP contribution is -2.71. The Hall–Kier alpha value is -2.05. The van der Waals surface area contributed by atoms with Gasteiger partial charge in [-0.25, -0.2) is 9.38 Å². The Morgan fingerprint density at radius 3 is 2.59 bits per heavy atom. The van der Waals surface area contributed by atoms with Crippen molar-refractivity contribution in [3.8, 4) is 0 Å². The maximum absolute atomic E-state index is 13.6. The number of nitrogens with zero attached hydrogens (tertiary/aromatic N) is 1. The molecule has 1 aromatic rings. The van der Waals surface area contributed by atoms with Gasteiger partial charge in [0.1, 0.15) is 5.82 Å². The van der Waals surface area contributed by atoms with E-state index in [-0.39, 0.29) is 22.4 Å². The molecule has 27 heavy (non-hydrogen) atoms. The molecule has 1 aromatic carbocycles. The quantitative estimate of drug-likeness (QED) is 0.702. The molecule has 5 aliphatic carbocycles. The molecule has 1 heterocycles. The van der Waals surface area contributed by atoms with Crippen molar-refractivity contribution in [1.82, 2.24) is 0 Å². The summed E-state index contributed by atoms with van der Waals surface area (Å²) in [6.45, 7) is 0. The third kappa shape index (κ3) is 2.11. The van der Waals surface area contributed by atoms with Gasteiger partial charge < -0.3 is 10.1 Å². The predicted molar refractivity (Wildman–Crippen MR) is 92.5 cm³/mol. The molecule has 3 bridgehead atoms. The smallest absolute Gasteiger partial charge is 0.419 e. The van der Waals surface area contributed by atoms with Gasteiger partial charge in [0.2, 0.25) is 0 Å². The van der Waals surface area contributed by atoms with Gasteiger partial charge in [0.05, 0.1) is 24.3 Å². The third-order valence-corrected chi connectivity index (χ3v) is 7.27. The molecule has 7 rings (SSSR count). The number of methoxy groups -OCH3 is 1. The van der Waals surface area contributed by atoms with Crippen molar-refractivity contribution in [2.45, 2.75) is 38.3 Å². The number of halogens is 4. The number of aliphatic imine (C=N–C) groups is 1. The number of alkyl halides is 3. The number of anilines is 1. The van der Waals surface area contributed by atoms with Crippen molar-refractivity contribution in [3.63, 3.8) is 0 Å². The first-order valence-electron chi connectivity index (χ1n) is 9.26. The first-order chi connectivity index (χ1) is 12.8. The lowest BCUT2D eigenvalue weighted by atomic mass is 9.30. The molecule has 7 heteroatoms. The van der Waals surface area contributed by atoms with Crippen molar-refractivity contribution in [2.24, 2.45) is 27.7 Å². The summed E-state index contributed by atoms with van der Waals surface area (Å²) >= 11 is 0. The molecule has 1 N–H and O–H groups in total. The van der Waals surface area contributed by atoms with Gasteiger partial charge in [0, 0.05) is 17.3 Å². The maximum atomic E-state index is 13.6. The Bertz CT molecular complexity index is 867. The molecule has 3 nitrogen and oxygen atoms in total. The fourth-order valence-corrected chi connectivity index (χ4v) is 6.39. The van der Waals surface area contributed by atoms with Gasteiger partial charge in [-0.1, -0.05) is 0 Å². The second-order valence-corrected chi connectivity index (χ2v) is 8.33. The average molecular weight is 380 g/mol. The van der Waals surface area contributed by atoms with E-state index in [0.717, 1.165) is 55.8 Å². The van der Waals surface area contributed by atoms with E-state index >= 15 is 0 Å². The van der Waals surface area contributed by atoms with Crippen molar-refractivity contribution in [2.75, 3.05) is 12.4 Å². The molecule has 5 fully saturated rings. The van der Waals surface area contributed by atoms with Crippen LogP contribution in [0, 0.1) is 28.5 Å². The highest BCUT2D eigenvalue weighted by Crippen LogP contribution is 2.79. The van der Waals surface area contributed by atoms with Crippen LogP contribution in [0.4, 0.5) is 23.2 Å².